The van der Waals surface area contributed by atoms with E-state index in [4.69, 9.17) is 0 Å². The third kappa shape index (κ3) is 2.26. The predicted octanol–water partition coefficient (Wildman–Crippen LogP) is 2.71. The van der Waals surface area contributed by atoms with Crippen LogP contribution in [-0.2, 0) is 4.79 Å². The van der Waals surface area contributed by atoms with Crippen LogP contribution in [0.25, 0.3) is 22.0 Å². The van der Waals surface area contributed by atoms with Crippen molar-refractivity contribution in [3.63, 3.8) is 0 Å². The predicted molar refractivity (Wildman–Crippen MR) is 83.8 cm³/mol. The van der Waals surface area contributed by atoms with Crippen LogP contribution in [0.4, 0.5) is 0 Å². The molecule has 0 aliphatic carbocycles. The van der Waals surface area contributed by atoms with Crippen LogP contribution in [-0.4, -0.2) is 20.9 Å². The van der Waals surface area contributed by atoms with E-state index >= 15 is 0 Å². The average Bonchev–Trinajstić information content (AvgIpc) is 2.55. The summed E-state index contributed by atoms with van der Waals surface area (Å²) in [6, 6.07) is 15.5. The first-order chi connectivity index (χ1) is 10.6. The number of aromatic nitrogens is 2. The van der Waals surface area contributed by atoms with Gasteiger partial charge < -0.3 is 5.11 Å². The molecule has 0 aliphatic heterocycles. The highest BCUT2D eigenvalue weighted by molar-refractivity contribution is 5.93. The van der Waals surface area contributed by atoms with Gasteiger partial charge in [-0.1, -0.05) is 48.5 Å². The molecule has 0 saturated carbocycles. The molecule has 5 heteroatoms. The van der Waals surface area contributed by atoms with Crippen molar-refractivity contribution in [3.05, 3.63) is 65.0 Å². The summed E-state index contributed by atoms with van der Waals surface area (Å²) in [4.78, 5) is 23.7. The molecule has 0 saturated heterocycles. The summed E-state index contributed by atoms with van der Waals surface area (Å²) in [6.45, 7) is 1.44. The van der Waals surface area contributed by atoms with Crippen molar-refractivity contribution in [2.45, 2.75) is 13.0 Å². The van der Waals surface area contributed by atoms with E-state index in [0.717, 1.165) is 10.2 Å². The minimum atomic E-state index is -1.09. The van der Waals surface area contributed by atoms with Gasteiger partial charge in [-0.2, -0.15) is 5.10 Å². The van der Waals surface area contributed by atoms with Crippen LogP contribution < -0.4 is 5.56 Å². The maximum Gasteiger partial charge on any atom is 0.328 e. The number of nitrogens with zero attached hydrogens (tertiary/aromatic N) is 2. The van der Waals surface area contributed by atoms with Gasteiger partial charge in [0.05, 0.1) is 11.1 Å². The minimum absolute atomic E-state index is 0.398. The highest BCUT2D eigenvalue weighted by atomic mass is 16.4. The fraction of sp³-hybridized carbons (Fsp3) is 0.118. The lowest BCUT2D eigenvalue weighted by Gasteiger charge is -2.13. The van der Waals surface area contributed by atoms with Crippen molar-refractivity contribution in [1.29, 1.82) is 0 Å². The third-order valence-corrected chi connectivity index (χ3v) is 3.60. The molecule has 110 valence electrons. The van der Waals surface area contributed by atoms with Gasteiger partial charge in [-0.3, -0.25) is 4.79 Å². The molecule has 3 rings (SSSR count). The molecule has 0 amide bonds. The number of hydrogen-bond acceptors (Lipinski definition) is 3. The highest BCUT2D eigenvalue weighted by Gasteiger charge is 2.19. The summed E-state index contributed by atoms with van der Waals surface area (Å²) in [5, 5.41) is 14.7. The quantitative estimate of drug-likeness (QED) is 0.806. The topological polar surface area (TPSA) is 72.2 Å². The lowest BCUT2D eigenvalue weighted by Crippen LogP contribution is -2.30. The van der Waals surface area contributed by atoms with Crippen LogP contribution in [0, 0.1) is 0 Å². The molecule has 0 bridgehead atoms. The maximum absolute atomic E-state index is 12.5. The highest BCUT2D eigenvalue weighted by Crippen LogP contribution is 2.24. The number of hydrogen-bond donors (Lipinski definition) is 1. The lowest BCUT2D eigenvalue weighted by atomic mass is 10.1. The Labute approximate surface area is 126 Å². The zero-order valence-corrected chi connectivity index (χ0v) is 11.9. The van der Waals surface area contributed by atoms with E-state index in [1.54, 1.807) is 12.1 Å². The Bertz CT molecular complexity index is 901. The third-order valence-electron chi connectivity index (χ3n) is 3.60. The lowest BCUT2D eigenvalue weighted by molar-refractivity contribution is -0.140. The molecule has 0 fully saturated rings. The summed E-state index contributed by atoms with van der Waals surface area (Å²) in [5.41, 5.74) is 1.04. The first kappa shape index (κ1) is 14.0. The van der Waals surface area contributed by atoms with Crippen LogP contribution >= 0.6 is 0 Å². The molecule has 1 aromatic heterocycles. The van der Waals surface area contributed by atoms with Gasteiger partial charge in [0, 0.05) is 10.9 Å². The fourth-order valence-corrected chi connectivity index (χ4v) is 2.38. The summed E-state index contributed by atoms with van der Waals surface area (Å²) < 4.78 is 1.03. The van der Waals surface area contributed by atoms with E-state index in [2.05, 4.69) is 5.10 Å². The molecular weight excluding hydrogens is 280 g/mol. The summed E-state index contributed by atoms with van der Waals surface area (Å²) >= 11 is 0. The van der Waals surface area contributed by atoms with Crippen LogP contribution in [0.1, 0.15) is 13.0 Å². The molecule has 2 aromatic carbocycles. The number of rotatable bonds is 3. The first-order valence-electron chi connectivity index (χ1n) is 6.89. The standard InChI is InChI=1S/C17H14N2O3/c1-11(17(21)22)19-16(20)14-10-6-5-9-13(14)15(18-19)12-7-3-2-4-8-12/h2-11H,1H3,(H,21,22)/t11-/m1/s1. The molecule has 0 unspecified atom stereocenters. The van der Waals surface area contributed by atoms with E-state index in [0.29, 0.717) is 16.5 Å². The molecule has 0 radical (unpaired) electrons. The normalized spacial score (nSPS) is 12.2. The van der Waals surface area contributed by atoms with E-state index in [-0.39, 0.29) is 0 Å². The van der Waals surface area contributed by atoms with E-state index in [1.807, 2.05) is 42.5 Å². The second-order valence-electron chi connectivity index (χ2n) is 5.02. The van der Waals surface area contributed by atoms with Crippen molar-refractivity contribution in [3.8, 4) is 11.3 Å². The largest absolute Gasteiger partial charge is 0.480 e. The Balaban J connectivity index is 2.39. The maximum atomic E-state index is 12.5. The second kappa shape index (κ2) is 5.44. The number of aliphatic carboxylic acids is 1. The summed E-state index contributed by atoms with van der Waals surface area (Å²) in [7, 11) is 0. The monoisotopic (exact) mass is 294 g/mol. The summed E-state index contributed by atoms with van der Waals surface area (Å²) in [6.07, 6.45) is 0. The molecule has 3 aromatic rings. The van der Waals surface area contributed by atoms with Crippen LogP contribution in [0.2, 0.25) is 0 Å². The fourth-order valence-electron chi connectivity index (χ4n) is 2.38. The van der Waals surface area contributed by atoms with Gasteiger partial charge in [0.25, 0.3) is 5.56 Å². The van der Waals surface area contributed by atoms with Gasteiger partial charge in [-0.15, -0.1) is 0 Å². The van der Waals surface area contributed by atoms with Crippen molar-refractivity contribution in [2.75, 3.05) is 0 Å². The van der Waals surface area contributed by atoms with Gasteiger partial charge in [0.2, 0.25) is 0 Å². The van der Waals surface area contributed by atoms with Crippen molar-refractivity contribution in [2.24, 2.45) is 0 Å². The molecule has 5 nitrogen and oxygen atoms in total. The Morgan fingerprint density at radius 2 is 1.64 bits per heavy atom. The van der Waals surface area contributed by atoms with Crippen molar-refractivity contribution >= 4 is 16.7 Å². The molecule has 0 spiro atoms. The smallest absolute Gasteiger partial charge is 0.328 e. The molecule has 1 N–H and O–H groups in total. The van der Waals surface area contributed by atoms with Gasteiger partial charge in [-0.25, -0.2) is 9.48 Å². The van der Waals surface area contributed by atoms with Gasteiger partial charge in [0.15, 0.2) is 6.04 Å². The van der Waals surface area contributed by atoms with Crippen molar-refractivity contribution in [1.82, 2.24) is 9.78 Å². The van der Waals surface area contributed by atoms with Crippen LogP contribution in [0.3, 0.4) is 0 Å². The molecule has 1 atom stereocenters. The number of benzene rings is 2. The van der Waals surface area contributed by atoms with E-state index in [9.17, 15) is 14.7 Å². The minimum Gasteiger partial charge on any atom is -0.480 e. The van der Waals surface area contributed by atoms with Gasteiger partial charge in [0.1, 0.15) is 0 Å². The second-order valence-corrected chi connectivity index (χ2v) is 5.02. The zero-order chi connectivity index (χ0) is 15.7. The molecule has 22 heavy (non-hydrogen) atoms. The van der Waals surface area contributed by atoms with Crippen LogP contribution in [0.15, 0.2) is 59.4 Å². The molecule has 0 aliphatic rings. The average molecular weight is 294 g/mol. The van der Waals surface area contributed by atoms with E-state index < -0.39 is 17.6 Å². The number of carbonyl (C=O) groups is 1. The van der Waals surface area contributed by atoms with Crippen molar-refractivity contribution < 1.29 is 9.90 Å². The zero-order valence-electron chi connectivity index (χ0n) is 11.9. The van der Waals surface area contributed by atoms with Crippen LogP contribution in [0.5, 0.6) is 0 Å². The Morgan fingerprint density at radius 3 is 2.27 bits per heavy atom. The molecular formula is C17H14N2O3. The van der Waals surface area contributed by atoms with Gasteiger partial charge >= 0.3 is 5.97 Å². The molecule has 1 heterocycles. The first-order valence-corrected chi connectivity index (χ1v) is 6.89. The Kier molecular flexibility index (Phi) is 3.47. The Morgan fingerprint density at radius 1 is 1.05 bits per heavy atom. The summed E-state index contributed by atoms with van der Waals surface area (Å²) in [5.74, 6) is -1.09. The van der Waals surface area contributed by atoms with E-state index in [1.165, 1.54) is 6.92 Å². The van der Waals surface area contributed by atoms with Gasteiger partial charge in [-0.05, 0) is 13.0 Å². The number of carboxylic acid groups (broad SMARTS) is 1. The number of carboxylic acids is 1. The number of fused-ring (bicyclic) bond motifs is 1. The Hall–Kier alpha value is -2.95. The SMILES string of the molecule is C[C@H](C(=O)O)n1nc(-c2ccccc2)c2ccccc2c1=O.